The predicted molar refractivity (Wildman–Crippen MR) is 69.3 cm³/mol. The fourth-order valence-corrected chi connectivity index (χ4v) is 3.62. The smallest absolute Gasteiger partial charge is 0.119 e. The van der Waals surface area contributed by atoms with Gasteiger partial charge in [0.1, 0.15) is 5.75 Å². The van der Waals surface area contributed by atoms with Gasteiger partial charge in [0, 0.05) is 6.04 Å². The average Bonchev–Trinajstić information content (AvgIpc) is 2.71. The lowest BCUT2D eigenvalue weighted by atomic mass is 9.80. The molecule has 1 aliphatic heterocycles. The van der Waals surface area contributed by atoms with Crippen LogP contribution in [0.25, 0.3) is 0 Å². The summed E-state index contributed by atoms with van der Waals surface area (Å²) in [5.74, 6) is 1.28. The SMILES string of the molecule is CCCN1CCC2Cc3c(O)cccc3C[C@H]21. The number of aromatic hydroxyl groups is 1. The molecule has 1 heterocycles. The number of fused-ring (bicyclic) bond motifs is 2. The van der Waals surface area contributed by atoms with Gasteiger partial charge in [-0.15, -0.1) is 0 Å². The van der Waals surface area contributed by atoms with Gasteiger partial charge in [0.15, 0.2) is 0 Å². The zero-order chi connectivity index (χ0) is 11.8. The molecule has 0 aromatic heterocycles. The second-order valence-corrected chi connectivity index (χ2v) is 5.48. The molecule has 3 rings (SSSR count). The van der Waals surface area contributed by atoms with Gasteiger partial charge in [-0.05, 0) is 61.9 Å². The molecule has 1 saturated heterocycles. The van der Waals surface area contributed by atoms with E-state index in [1.807, 2.05) is 12.1 Å². The molecule has 0 spiro atoms. The van der Waals surface area contributed by atoms with Crippen molar-refractivity contribution in [2.24, 2.45) is 5.92 Å². The van der Waals surface area contributed by atoms with E-state index in [1.54, 1.807) is 0 Å². The lowest BCUT2D eigenvalue weighted by Gasteiger charge is -2.33. The van der Waals surface area contributed by atoms with Gasteiger partial charge in [-0.3, -0.25) is 4.90 Å². The molecule has 17 heavy (non-hydrogen) atoms. The fraction of sp³-hybridized carbons (Fsp3) is 0.600. The lowest BCUT2D eigenvalue weighted by Crippen LogP contribution is -2.38. The highest BCUT2D eigenvalue weighted by Crippen LogP contribution is 2.38. The van der Waals surface area contributed by atoms with E-state index in [4.69, 9.17) is 0 Å². The Morgan fingerprint density at radius 2 is 2.24 bits per heavy atom. The summed E-state index contributed by atoms with van der Waals surface area (Å²) >= 11 is 0. The fourth-order valence-electron chi connectivity index (χ4n) is 3.62. The minimum absolute atomic E-state index is 0.509. The maximum absolute atomic E-state index is 9.93. The first-order valence-electron chi connectivity index (χ1n) is 6.83. The van der Waals surface area contributed by atoms with Crippen LogP contribution in [0.1, 0.15) is 30.9 Å². The number of hydrogen-bond acceptors (Lipinski definition) is 2. The summed E-state index contributed by atoms with van der Waals surface area (Å²) in [6.07, 6.45) is 4.76. The van der Waals surface area contributed by atoms with Crippen molar-refractivity contribution in [2.45, 2.75) is 38.6 Å². The van der Waals surface area contributed by atoms with Gasteiger partial charge in [-0.1, -0.05) is 19.1 Å². The molecule has 1 N–H and O–H groups in total. The van der Waals surface area contributed by atoms with Gasteiger partial charge in [0.2, 0.25) is 0 Å². The van der Waals surface area contributed by atoms with E-state index in [9.17, 15) is 5.11 Å². The first-order chi connectivity index (χ1) is 8.29. The standard InChI is InChI=1S/C15H21NO/c1-2-7-16-8-6-12-9-13-11(10-14(12)16)4-3-5-15(13)17/h3-5,12,14,17H,2,6-10H2,1H3/t12?,14-/m1/s1. The molecule has 2 nitrogen and oxygen atoms in total. The summed E-state index contributed by atoms with van der Waals surface area (Å²) in [5, 5.41) is 9.93. The maximum Gasteiger partial charge on any atom is 0.119 e. The Morgan fingerprint density at radius 3 is 3.06 bits per heavy atom. The van der Waals surface area contributed by atoms with Gasteiger partial charge in [-0.2, -0.15) is 0 Å². The number of phenolic OH excluding ortho intramolecular Hbond substituents is 1. The van der Waals surface area contributed by atoms with Crippen molar-refractivity contribution in [1.82, 2.24) is 4.90 Å². The molecule has 2 atom stereocenters. The van der Waals surface area contributed by atoms with Gasteiger partial charge in [0.25, 0.3) is 0 Å². The summed E-state index contributed by atoms with van der Waals surface area (Å²) in [4.78, 5) is 2.65. The van der Waals surface area contributed by atoms with E-state index in [-0.39, 0.29) is 0 Å². The molecule has 1 fully saturated rings. The topological polar surface area (TPSA) is 23.5 Å². The molecule has 0 saturated carbocycles. The highest BCUT2D eigenvalue weighted by molar-refractivity contribution is 5.42. The molecule has 1 aromatic rings. The third-order valence-corrected chi connectivity index (χ3v) is 4.45. The molecule has 1 aliphatic carbocycles. The van der Waals surface area contributed by atoms with Gasteiger partial charge >= 0.3 is 0 Å². The van der Waals surface area contributed by atoms with Crippen LogP contribution < -0.4 is 0 Å². The molecule has 0 bridgehead atoms. The second kappa shape index (κ2) is 4.34. The number of benzene rings is 1. The van der Waals surface area contributed by atoms with Crippen molar-refractivity contribution in [3.8, 4) is 5.75 Å². The van der Waals surface area contributed by atoms with E-state index in [0.29, 0.717) is 5.75 Å². The molecular weight excluding hydrogens is 210 g/mol. The summed E-state index contributed by atoms with van der Waals surface area (Å²) in [7, 11) is 0. The monoisotopic (exact) mass is 231 g/mol. The molecule has 92 valence electrons. The second-order valence-electron chi connectivity index (χ2n) is 5.48. The van der Waals surface area contributed by atoms with Crippen molar-refractivity contribution < 1.29 is 5.11 Å². The largest absolute Gasteiger partial charge is 0.508 e. The Kier molecular flexibility index (Phi) is 2.83. The van der Waals surface area contributed by atoms with E-state index < -0.39 is 0 Å². The Morgan fingerprint density at radius 1 is 1.35 bits per heavy atom. The minimum atomic E-state index is 0.509. The number of rotatable bonds is 2. The third kappa shape index (κ3) is 1.85. The first-order valence-corrected chi connectivity index (χ1v) is 6.83. The van der Waals surface area contributed by atoms with E-state index in [0.717, 1.165) is 24.8 Å². The van der Waals surface area contributed by atoms with Gasteiger partial charge in [0.05, 0.1) is 0 Å². The average molecular weight is 231 g/mol. The summed E-state index contributed by atoms with van der Waals surface area (Å²) < 4.78 is 0. The zero-order valence-electron chi connectivity index (χ0n) is 10.5. The number of likely N-dealkylation sites (tertiary alicyclic amines) is 1. The molecule has 0 amide bonds. The highest BCUT2D eigenvalue weighted by Gasteiger charge is 2.37. The van der Waals surface area contributed by atoms with Crippen LogP contribution in [0.4, 0.5) is 0 Å². The summed E-state index contributed by atoms with van der Waals surface area (Å²) in [6, 6.07) is 6.73. The Balaban J connectivity index is 1.87. The van der Waals surface area contributed by atoms with Crippen LogP contribution in [0.15, 0.2) is 18.2 Å². The zero-order valence-corrected chi connectivity index (χ0v) is 10.5. The van der Waals surface area contributed by atoms with Crippen molar-refractivity contribution in [3.05, 3.63) is 29.3 Å². The van der Waals surface area contributed by atoms with Crippen LogP contribution in [0, 0.1) is 5.92 Å². The molecule has 1 unspecified atom stereocenters. The molecule has 2 heteroatoms. The Bertz CT molecular complexity index is 415. The normalized spacial score (nSPS) is 27.8. The number of phenols is 1. The molecular formula is C15H21NO. The van der Waals surface area contributed by atoms with E-state index in [1.165, 1.54) is 37.1 Å². The quantitative estimate of drug-likeness (QED) is 0.845. The van der Waals surface area contributed by atoms with Crippen molar-refractivity contribution >= 4 is 0 Å². The molecule has 0 radical (unpaired) electrons. The number of hydrogen-bond donors (Lipinski definition) is 1. The predicted octanol–water partition coefficient (Wildman–Crippen LogP) is 2.59. The van der Waals surface area contributed by atoms with Crippen LogP contribution in [0.5, 0.6) is 5.75 Å². The van der Waals surface area contributed by atoms with Crippen molar-refractivity contribution in [1.29, 1.82) is 0 Å². The highest BCUT2D eigenvalue weighted by atomic mass is 16.3. The van der Waals surface area contributed by atoms with Crippen LogP contribution >= 0.6 is 0 Å². The summed E-state index contributed by atoms with van der Waals surface area (Å²) in [5.41, 5.74) is 2.58. The Labute approximate surface area is 103 Å². The van der Waals surface area contributed by atoms with Gasteiger partial charge in [-0.25, -0.2) is 0 Å². The van der Waals surface area contributed by atoms with Crippen LogP contribution in [-0.4, -0.2) is 29.1 Å². The minimum Gasteiger partial charge on any atom is -0.508 e. The van der Waals surface area contributed by atoms with Crippen molar-refractivity contribution in [2.75, 3.05) is 13.1 Å². The molecule has 2 aliphatic rings. The number of nitrogens with zero attached hydrogens (tertiary/aromatic N) is 1. The van der Waals surface area contributed by atoms with E-state index >= 15 is 0 Å². The summed E-state index contributed by atoms with van der Waals surface area (Å²) in [6.45, 7) is 4.74. The van der Waals surface area contributed by atoms with Gasteiger partial charge < -0.3 is 5.11 Å². The first kappa shape index (κ1) is 11.1. The maximum atomic E-state index is 9.93. The Hall–Kier alpha value is -1.02. The third-order valence-electron chi connectivity index (χ3n) is 4.45. The van der Waals surface area contributed by atoms with Crippen molar-refractivity contribution in [3.63, 3.8) is 0 Å². The van der Waals surface area contributed by atoms with E-state index in [2.05, 4.69) is 17.9 Å². The van der Waals surface area contributed by atoms with Crippen LogP contribution in [0.3, 0.4) is 0 Å². The lowest BCUT2D eigenvalue weighted by molar-refractivity contribution is 0.215. The van der Waals surface area contributed by atoms with Crippen LogP contribution in [0.2, 0.25) is 0 Å². The molecule has 1 aromatic carbocycles. The van der Waals surface area contributed by atoms with Crippen LogP contribution in [-0.2, 0) is 12.8 Å².